The topological polar surface area (TPSA) is 21.6 Å². The Balaban J connectivity index is 1.98. The molecule has 0 aromatic heterocycles. The highest BCUT2D eigenvalue weighted by Gasteiger charge is 2.35. The van der Waals surface area contributed by atoms with Gasteiger partial charge in [0.2, 0.25) is 0 Å². The van der Waals surface area contributed by atoms with E-state index in [9.17, 15) is 4.39 Å². The molecule has 0 bridgehead atoms. The Morgan fingerprint density at radius 2 is 2.05 bits per heavy atom. The van der Waals surface area contributed by atoms with Gasteiger partial charge in [-0.15, -0.1) is 0 Å². The number of alkyl halides is 1. The third-order valence-corrected chi connectivity index (χ3v) is 3.82. The summed E-state index contributed by atoms with van der Waals surface area (Å²) in [5.74, 6) is 0. The molecule has 2 aliphatic rings. The molecule has 0 saturated heterocycles. The molecule has 1 aromatic carbocycles. The minimum atomic E-state index is -1.22. The van der Waals surface area contributed by atoms with Gasteiger partial charge in [0.05, 0.1) is 12.0 Å². The molecule has 20 heavy (non-hydrogen) atoms. The Labute approximate surface area is 118 Å². The lowest BCUT2D eigenvalue weighted by Crippen LogP contribution is -2.32. The van der Waals surface area contributed by atoms with Crippen LogP contribution in [0, 0.1) is 0 Å². The molecule has 1 aliphatic heterocycles. The molecule has 1 heterocycles. The third kappa shape index (κ3) is 2.40. The van der Waals surface area contributed by atoms with Crippen molar-refractivity contribution in [1.29, 1.82) is 0 Å². The number of halogens is 1. The number of nitrogens with zero attached hydrogens (tertiary/aromatic N) is 1. The van der Waals surface area contributed by atoms with Crippen LogP contribution in [0.1, 0.15) is 31.2 Å². The quantitative estimate of drug-likeness (QED) is 0.803. The summed E-state index contributed by atoms with van der Waals surface area (Å²) in [6.45, 7) is -0.669. The van der Waals surface area contributed by atoms with Crippen LogP contribution in [-0.2, 0) is 10.5 Å². The number of aliphatic imine (C=N–C) groups is 1. The second-order valence-corrected chi connectivity index (χ2v) is 5.18. The lowest BCUT2D eigenvalue weighted by Gasteiger charge is -2.30. The van der Waals surface area contributed by atoms with Gasteiger partial charge in [0.25, 0.3) is 5.72 Å². The maximum absolute atomic E-state index is 13.7. The molecule has 0 amide bonds. The number of allylic oxidation sites excluding steroid dienone is 3. The molecule has 1 aromatic rings. The van der Waals surface area contributed by atoms with Crippen molar-refractivity contribution >= 4 is 5.71 Å². The molecule has 3 rings (SSSR count). The van der Waals surface area contributed by atoms with E-state index in [1.165, 1.54) is 18.4 Å². The third-order valence-electron chi connectivity index (χ3n) is 3.82. The Morgan fingerprint density at radius 1 is 1.20 bits per heavy atom. The molecular formula is C17H18FNO. The molecule has 3 heteroatoms. The highest BCUT2D eigenvalue weighted by atomic mass is 19.1. The van der Waals surface area contributed by atoms with Gasteiger partial charge < -0.3 is 4.74 Å². The first kappa shape index (κ1) is 13.1. The monoisotopic (exact) mass is 271 g/mol. The lowest BCUT2D eigenvalue weighted by atomic mass is 9.94. The first-order valence-corrected chi connectivity index (χ1v) is 7.09. The summed E-state index contributed by atoms with van der Waals surface area (Å²) in [6, 6.07) is 9.37. The zero-order valence-corrected chi connectivity index (χ0v) is 11.4. The molecule has 0 N–H and O–H groups in total. The lowest BCUT2D eigenvalue weighted by molar-refractivity contribution is 0.000546. The number of rotatable bonds is 3. The van der Waals surface area contributed by atoms with Gasteiger partial charge in [-0.1, -0.05) is 36.4 Å². The number of benzene rings is 1. The van der Waals surface area contributed by atoms with E-state index in [2.05, 4.69) is 11.1 Å². The van der Waals surface area contributed by atoms with E-state index in [0.29, 0.717) is 0 Å². The summed E-state index contributed by atoms with van der Waals surface area (Å²) >= 11 is 0. The maximum Gasteiger partial charge on any atom is 0.254 e. The molecule has 1 aliphatic carbocycles. The van der Waals surface area contributed by atoms with Crippen LogP contribution in [0.5, 0.6) is 0 Å². The first-order chi connectivity index (χ1) is 9.84. The van der Waals surface area contributed by atoms with E-state index in [4.69, 9.17) is 4.74 Å². The van der Waals surface area contributed by atoms with Gasteiger partial charge in [0, 0.05) is 5.56 Å². The van der Waals surface area contributed by atoms with Crippen molar-refractivity contribution in [2.75, 3.05) is 6.67 Å². The minimum absolute atomic E-state index is 0.669. The number of hydrogen-bond donors (Lipinski definition) is 0. The standard InChI is InChI=1S/C17H18FNO/c18-13-17(15-9-5-2-6-10-15)19-16(11-12-20-17)14-7-3-1-4-8-14/h2,5-7,9-12H,1,3-4,8,13H2. The number of ether oxygens (including phenoxy) is 1. The maximum atomic E-state index is 13.7. The van der Waals surface area contributed by atoms with Gasteiger partial charge in [-0.25, -0.2) is 9.38 Å². The fourth-order valence-electron chi connectivity index (χ4n) is 2.69. The average Bonchev–Trinajstić information content (AvgIpc) is 2.56. The van der Waals surface area contributed by atoms with Crippen molar-refractivity contribution in [2.24, 2.45) is 4.99 Å². The van der Waals surface area contributed by atoms with Gasteiger partial charge in [-0.3, -0.25) is 0 Å². The summed E-state index contributed by atoms with van der Waals surface area (Å²) in [5.41, 5.74) is 1.60. The van der Waals surface area contributed by atoms with Crippen LogP contribution in [-0.4, -0.2) is 12.4 Å². The van der Waals surface area contributed by atoms with Gasteiger partial charge in [0.1, 0.15) is 0 Å². The SMILES string of the molecule is FCC1(c2ccccc2)N=C(C2=CCCCC2)C=CO1. The number of hydrogen-bond acceptors (Lipinski definition) is 2. The Hall–Kier alpha value is -1.90. The molecule has 2 nitrogen and oxygen atoms in total. The molecule has 104 valence electrons. The summed E-state index contributed by atoms with van der Waals surface area (Å²) < 4.78 is 19.2. The van der Waals surface area contributed by atoms with Crippen molar-refractivity contribution in [1.82, 2.24) is 0 Å². The van der Waals surface area contributed by atoms with Crippen molar-refractivity contribution in [2.45, 2.75) is 31.4 Å². The molecule has 0 fully saturated rings. The molecule has 1 unspecified atom stereocenters. The Morgan fingerprint density at radius 3 is 2.75 bits per heavy atom. The van der Waals surface area contributed by atoms with Crippen LogP contribution in [0.2, 0.25) is 0 Å². The zero-order chi connectivity index (χ0) is 13.8. The predicted octanol–water partition coefficient (Wildman–Crippen LogP) is 4.29. The molecule has 0 saturated carbocycles. The van der Waals surface area contributed by atoms with Crippen molar-refractivity contribution in [3.63, 3.8) is 0 Å². The molecule has 0 spiro atoms. The largest absolute Gasteiger partial charge is 0.467 e. The minimum Gasteiger partial charge on any atom is -0.467 e. The molecule has 0 radical (unpaired) electrons. The van der Waals surface area contributed by atoms with E-state index in [0.717, 1.165) is 24.1 Å². The van der Waals surface area contributed by atoms with Crippen LogP contribution in [0.3, 0.4) is 0 Å². The van der Waals surface area contributed by atoms with Crippen LogP contribution >= 0.6 is 0 Å². The Bertz CT molecular complexity index is 562. The Kier molecular flexibility index (Phi) is 3.68. The summed E-state index contributed by atoms with van der Waals surface area (Å²) in [6.07, 6.45) is 10.1. The zero-order valence-electron chi connectivity index (χ0n) is 11.4. The van der Waals surface area contributed by atoms with Gasteiger partial charge in [0.15, 0.2) is 6.67 Å². The van der Waals surface area contributed by atoms with Crippen LogP contribution in [0.15, 0.2) is 59.3 Å². The molecule has 1 atom stereocenters. The average molecular weight is 271 g/mol. The summed E-state index contributed by atoms with van der Waals surface area (Å²) in [7, 11) is 0. The van der Waals surface area contributed by atoms with Crippen molar-refractivity contribution in [3.05, 3.63) is 59.9 Å². The van der Waals surface area contributed by atoms with Crippen LogP contribution in [0.4, 0.5) is 4.39 Å². The van der Waals surface area contributed by atoms with E-state index in [1.807, 2.05) is 36.4 Å². The van der Waals surface area contributed by atoms with E-state index < -0.39 is 12.4 Å². The fraction of sp³-hybridized carbons (Fsp3) is 0.353. The van der Waals surface area contributed by atoms with E-state index >= 15 is 0 Å². The van der Waals surface area contributed by atoms with Crippen LogP contribution < -0.4 is 0 Å². The summed E-state index contributed by atoms with van der Waals surface area (Å²) in [4.78, 5) is 4.59. The second-order valence-electron chi connectivity index (χ2n) is 5.18. The highest BCUT2D eigenvalue weighted by Crippen LogP contribution is 2.33. The summed E-state index contributed by atoms with van der Waals surface area (Å²) in [5, 5.41) is 0. The second kappa shape index (κ2) is 5.61. The highest BCUT2D eigenvalue weighted by molar-refractivity contribution is 6.08. The predicted molar refractivity (Wildman–Crippen MR) is 78.3 cm³/mol. The van der Waals surface area contributed by atoms with Crippen LogP contribution in [0.25, 0.3) is 0 Å². The molecular weight excluding hydrogens is 253 g/mol. The normalized spacial score (nSPS) is 25.6. The van der Waals surface area contributed by atoms with Crippen molar-refractivity contribution in [3.8, 4) is 0 Å². The first-order valence-electron chi connectivity index (χ1n) is 7.09. The van der Waals surface area contributed by atoms with E-state index in [1.54, 1.807) is 6.26 Å². The van der Waals surface area contributed by atoms with Gasteiger partial charge in [-0.05, 0) is 37.3 Å². The van der Waals surface area contributed by atoms with Gasteiger partial charge >= 0.3 is 0 Å². The smallest absolute Gasteiger partial charge is 0.254 e. The van der Waals surface area contributed by atoms with E-state index in [-0.39, 0.29) is 0 Å². The van der Waals surface area contributed by atoms with Crippen molar-refractivity contribution < 1.29 is 9.13 Å². The van der Waals surface area contributed by atoms with Gasteiger partial charge in [-0.2, -0.15) is 0 Å². The fourth-order valence-corrected chi connectivity index (χ4v) is 2.69.